The SMILES string of the molecule is CCOC(=O)C(C)c1nc(CC2CCOC2)no1. The van der Waals surface area contributed by atoms with E-state index in [4.69, 9.17) is 14.0 Å². The minimum Gasteiger partial charge on any atom is -0.465 e. The lowest BCUT2D eigenvalue weighted by atomic mass is 10.1. The Morgan fingerprint density at radius 3 is 3.11 bits per heavy atom. The number of rotatable bonds is 5. The quantitative estimate of drug-likeness (QED) is 0.738. The van der Waals surface area contributed by atoms with E-state index in [2.05, 4.69) is 10.1 Å². The fourth-order valence-corrected chi connectivity index (χ4v) is 1.90. The van der Waals surface area contributed by atoms with Crippen molar-refractivity contribution in [2.75, 3.05) is 19.8 Å². The van der Waals surface area contributed by atoms with Gasteiger partial charge in [0.05, 0.1) is 6.61 Å². The topological polar surface area (TPSA) is 74.5 Å². The largest absolute Gasteiger partial charge is 0.465 e. The lowest BCUT2D eigenvalue weighted by Gasteiger charge is -2.05. The molecule has 0 spiro atoms. The van der Waals surface area contributed by atoms with Gasteiger partial charge in [-0.25, -0.2) is 0 Å². The molecule has 0 bridgehead atoms. The standard InChI is InChI=1S/C12H18N2O4/c1-3-17-12(15)8(2)11-13-10(14-18-11)6-9-4-5-16-7-9/h8-9H,3-7H2,1-2H3. The summed E-state index contributed by atoms with van der Waals surface area (Å²) in [5.41, 5.74) is 0. The highest BCUT2D eigenvalue weighted by molar-refractivity contribution is 5.76. The molecule has 0 N–H and O–H groups in total. The molecule has 0 saturated carbocycles. The van der Waals surface area contributed by atoms with Crippen molar-refractivity contribution in [2.45, 2.75) is 32.6 Å². The highest BCUT2D eigenvalue weighted by Gasteiger charge is 2.24. The molecule has 1 aliphatic rings. The second-order valence-electron chi connectivity index (χ2n) is 4.46. The number of aromatic nitrogens is 2. The Kier molecular flexibility index (Phi) is 4.30. The number of hydrogen-bond acceptors (Lipinski definition) is 6. The normalized spacial score (nSPS) is 20.9. The molecule has 2 atom stereocenters. The Bertz CT molecular complexity index is 399. The van der Waals surface area contributed by atoms with Gasteiger partial charge in [-0.1, -0.05) is 5.16 Å². The molecule has 6 heteroatoms. The molecule has 6 nitrogen and oxygen atoms in total. The van der Waals surface area contributed by atoms with Gasteiger partial charge in [-0.2, -0.15) is 4.98 Å². The lowest BCUT2D eigenvalue weighted by molar-refractivity contribution is -0.145. The van der Waals surface area contributed by atoms with Crippen LogP contribution in [0.15, 0.2) is 4.52 Å². The van der Waals surface area contributed by atoms with Crippen molar-refractivity contribution >= 4 is 5.97 Å². The molecule has 0 aliphatic carbocycles. The maximum atomic E-state index is 11.5. The van der Waals surface area contributed by atoms with Crippen LogP contribution in [-0.4, -0.2) is 35.9 Å². The maximum absolute atomic E-state index is 11.5. The van der Waals surface area contributed by atoms with Crippen molar-refractivity contribution in [3.8, 4) is 0 Å². The van der Waals surface area contributed by atoms with Crippen LogP contribution in [0.4, 0.5) is 0 Å². The van der Waals surface area contributed by atoms with E-state index in [1.165, 1.54) is 0 Å². The molecule has 0 radical (unpaired) electrons. The van der Waals surface area contributed by atoms with Crippen molar-refractivity contribution in [3.63, 3.8) is 0 Å². The molecule has 100 valence electrons. The van der Waals surface area contributed by atoms with Crippen LogP contribution in [0.1, 0.15) is 37.9 Å². The molecular weight excluding hydrogens is 236 g/mol. The molecule has 1 aromatic heterocycles. The van der Waals surface area contributed by atoms with Gasteiger partial charge in [-0.05, 0) is 26.2 Å². The van der Waals surface area contributed by atoms with Gasteiger partial charge in [0, 0.05) is 19.6 Å². The first-order valence-corrected chi connectivity index (χ1v) is 6.27. The van der Waals surface area contributed by atoms with Gasteiger partial charge in [-0.15, -0.1) is 0 Å². The first-order valence-electron chi connectivity index (χ1n) is 6.27. The van der Waals surface area contributed by atoms with Gasteiger partial charge in [0.2, 0.25) is 5.89 Å². The molecule has 1 aliphatic heterocycles. The summed E-state index contributed by atoms with van der Waals surface area (Å²) in [6.07, 6.45) is 1.76. The summed E-state index contributed by atoms with van der Waals surface area (Å²) >= 11 is 0. The van der Waals surface area contributed by atoms with Crippen molar-refractivity contribution in [3.05, 3.63) is 11.7 Å². The molecule has 18 heavy (non-hydrogen) atoms. The Labute approximate surface area is 106 Å². The highest BCUT2D eigenvalue weighted by atomic mass is 16.5. The Balaban J connectivity index is 1.94. The zero-order chi connectivity index (χ0) is 13.0. The minimum absolute atomic E-state index is 0.322. The third kappa shape index (κ3) is 3.07. The van der Waals surface area contributed by atoms with Gasteiger partial charge >= 0.3 is 5.97 Å². The van der Waals surface area contributed by atoms with Crippen molar-refractivity contribution < 1.29 is 18.8 Å². The number of ether oxygens (including phenoxy) is 2. The summed E-state index contributed by atoms with van der Waals surface area (Å²) in [6.45, 7) is 5.37. The monoisotopic (exact) mass is 254 g/mol. The predicted octanol–water partition coefficient (Wildman–Crippen LogP) is 1.32. The van der Waals surface area contributed by atoms with Crippen LogP contribution in [0.2, 0.25) is 0 Å². The second kappa shape index (κ2) is 5.95. The average molecular weight is 254 g/mol. The first-order chi connectivity index (χ1) is 8.70. The fraction of sp³-hybridized carbons (Fsp3) is 0.750. The van der Waals surface area contributed by atoms with Gasteiger partial charge in [0.25, 0.3) is 0 Å². The highest BCUT2D eigenvalue weighted by Crippen LogP contribution is 2.19. The summed E-state index contributed by atoms with van der Waals surface area (Å²) < 4.78 is 15.3. The number of nitrogens with zero attached hydrogens (tertiary/aromatic N) is 2. The molecule has 2 heterocycles. The molecular formula is C12H18N2O4. The van der Waals surface area contributed by atoms with E-state index in [-0.39, 0.29) is 5.97 Å². The molecule has 1 fully saturated rings. The summed E-state index contributed by atoms with van der Waals surface area (Å²) in [5, 5.41) is 3.89. The third-order valence-electron chi connectivity index (χ3n) is 2.99. The average Bonchev–Trinajstić information content (AvgIpc) is 3.00. The minimum atomic E-state index is -0.508. The summed E-state index contributed by atoms with van der Waals surface area (Å²) in [4.78, 5) is 15.8. The smallest absolute Gasteiger partial charge is 0.318 e. The van der Waals surface area contributed by atoms with Crippen LogP contribution in [0.25, 0.3) is 0 Å². The number of carbonyl (C=O) groups excluding carboxylic acids is 1. The molecule has 0 aromatic carbocycles. The van der Waals surface area contributed by atoms with Gasteiger partial charge in [0.15, 0.2) is 5.82 Å². The molecule has 1 saturated heterocycles. The molecule has 2 rings (SSSR count). The van der Waals surface area contributed by atoms with E-state index >= 15 is 0 Å². The van der Waals surface area contributed by atoms with Crippen LogP contribution in [-0.2, 0) is 20.7 Å². The number of carbonyl (C=O) groups is 1. The summed E-state index contributed by atoms with van der Waals surface area (Å²) in [5.74, 6) is 0.565. The van der Waals surface area contributed by atoms with Crippen LogP contribution in [0, 0.1) is 5.92 Å². The lowest BCUT2D eigenvalue weighted by Crippen LogP contribution is -2.13. The van der Waals surface area contributed by atoms with Crippen molar-refractivity contribution in [1.82, 2.24) is 10.1 Å². The van der Waals surface area contributed by atoms with E-state index in [1.807, 2.05) is 0 Å². The number of hydrogen-bond donors (Lipinski definition) is 0. The van der Waals surface area contributed by atoms with Crippen molar-refractivity contribution in [1.29, 1.82) is 0 Å². The van der Waals surface area contributed by atoms with Crippen LogP contribution in [0.3, 0.4) is 0 Å². The van der Waals surface area contributed by atoms with Gasteiger partial charge in [0.1, 0.15) is 5.92 Å². The third-order valence-corrected chi connectivity index (χ3v) is 2.99. The summed E-state index contributed by atoms with van der Waals surface area (Å²) in [6, 6.07) is 0. The van der Waals surface area contributed by atoms with E-state index in [9.17, 15) is 4.79 Å². The number of esters is 1. The Morgan fingerprint density at radius 1 is 1.61 bits per heavy atom. The van der Waals surface area contributed by atoms with Crippen LogP contribution >= 0.6 is 0 Å². The zero-order valence-electron chi connectivity index (χ0n) is 10.7. The fourth-order valence-electron chi connectivity index (χ4n) is 1.90. The van der Waals surface area contributed by atoms with Crippen molar-refractivity contribution in [2.24, 2.45) is 5.92 Å². The van der Waals surface area contributed by atoms with E-state index in [0.717, 1.165) is 26.1 Å². The van der Waals surface area contributed by atoms with Crippen LogP contribution in [0.5, 0.6) is 0 Å². The van der Waals surface area contributed by atoms with E-state index in [0.29, 0.717) is 24.2 Å². The predicted molar refractivity (Wildman–Crippen MR) is 62.0 cm³/mol. The molecule has 0 amide bonds. The maximum Gasteiger partial charge on any atom is 0.318 e. The van der Waals surface area contributed by atoms with E-state index in [1.54, 1.807) is 13.8 Å². The van der Waals surface area contributed by atoms with E-state index < -0.39 is 5.92 Å². The van der Waals surface area contributed by atoms with Crippen LogP contribution < -0.4 is 0 Å². The molecule has 1 aromatic rings. The van der Waals surface area contributed by atoms with Gasteiger partial charge in [-0.3, -0.25) is 4.79 Å². The Morgan fingerprint density at radius 2 is 2.44 bits per heavy atom. The Hall–Kier alpha value is -1.43. The summed E-state index contributed by atoms with van der Waals surface area (Å²) in [7, 11) is 0. The first kappa shape index (κ1) is 13.0. The van der Waals surface area contributed by atoms with Gasteiger partial charge < -0.3 is 14.0 Å². The zero-order valence-corrected chi connectivity index (χ0v) is 10.7. The second-order valence-corrected chi connectivity index (χ2v) is 4.46. The molecule has 2 unspecified atom stereocenters.